The van der Waals surface area contributed by atoms with Crippen molar-refractivity contribution in [3.05, 3.63) is 35.4 Å². The molecule has 1 unspecified atom stereocenters. The number of carbonyl (C=O) groups is 2. The van der Waals surface area contributed by atoms with E-state index in [9.17, 15) is 9.59 Å². The molecule has 2 N–H and O–H groups in total. The summed E-state index contributed by atoms with van der Waals surface area (Å²) >= 11 is 0. The molecule has 0 amide bonds. The van der Waals surface area contributed by atoms with Crippen LogP contribution in [0.5, 0.6) is 0 Å². The lowest BCUT2D eigenvalue weighted by Gasteiger charge is -2.12. The van der Waals surface area contributed by atoms with Gasteiger partial charge in [-0.1, -0.05) is 29.8 Å². The maximum Gasteiger partial charge on any atom is 0.305 e. The molecule has 0 aliphatic heterocycles. The maximum atomic E-state index is 11.9. The van der Waals surface area contributed by atoms with E-state index in [1.165, 1.54) is 0 Å². The summed E-state index contributed by atoms with van der Waals surface area (Å²) in [5, 5.41) is 11.4. The maximum absolute atomic E-state index is 11.9. The molecular weight excluding hydrogens is 206 g/mol. The molecule has 1 atom stereocenters. The number of benzene rings is 1. The number of aliphatic carboxylic acids is 1. The van der Waals surface area contributed by atoms with Gasteiger partial charge in [0, 0.05) is 5.56 Å². The number of carbonyl (C=O) groups excluding carboxylic acids is 1. The first-order valence-corrected chi connectivity index (χ1v) is 5.04. The summed E-state index contributed by atoms with van der Waals surface area (Å²) in [7, 11) is 1.58. The summed E-state index contributed by atoms with van der Waals surface area (Å²) < 4.78 is 0. The Morgan fingerprint density at radius 3 is 2.31 bits per heavy atom. The van der Waals surface area contributed by atoms with Crippen LogP contribution in [0.25, 0.3) is 0 Å². The standard InChI is InChI=1S/C12H15NO3/c1-8-3-5-9(6-4-8)12(16)10(13-2)7-11(14)15/h3-6,10,13H,7H2,1-2H3,(H,14,15). The number of carboxylic acids is 1. The molecule has 1 aromatic rings. The second-order valence-corrected chi connectivity index (χ2v) is 3.67. The summed E-state index contributed by atoms with van der Waals surface area (Å²) in [5.41, 5.74) is 1.60. The van der Waals surface area contributed by atoms with Crippen LogP contribution in [0.3, 0.4) is 0 Å². The molecule has 4 heteroatoms. The highest BCUT2D eigenvalue weighted by atomic mass is 16.4. The van der Waals surface area contributed by atoms with Crippen molar-refractivity contribution in [2.24, 2.45) is 0 Å². The number of hydrogen-bond donors (Lipinski definition) is 2. The first-order valence-electron chi connectivity index (χ1n) is 5.04. The first-order chi connectivity index (χ1) is 7.54. The van der Waals surface area contributed by atoms with Crippen LogP contribution >= 0.6 is 0 Å². The highest BCUT2D eigenvalue weighted by Crippen LogP contribution is 2.08. The molecule has 0 radical (unpaired) electrons. The Labute approximate surface area is 94.3 Å². The monoisotopic (exact) mass is 221 g/mol. The normalized spacial score (nSPS) is 12.1. The predicted octanol–water partition coefficient (Wildman–Crippen LogP) is 1.24. The van der Waals surface area contributed by atoms with Gasteiger partial charge in [-0.25, -0.2) is 0 Å². The van der Waals surface area contributed by atoms with E-state index in [0.29, 0.717) is 5.56 Å². The van der Waals surface area contributed by atoms with E-state index in [4.69, 9.17) is 5.11 Å². The van der Waals surface area contributed by atoms with Crippen molar-refractivity contribution in [2.45, 2.75) is 19.4 Å². The fraction of sp³-hybridized carbons (Fsp3) is 0.333. The second kappa shape index (κ2) is 5.42. The minimum Gasteiger partial charge on any atom is -0.481 e. The minimum absolute atomic E-state index is 0.190. The third kappa shape index (κ3) is 3.17. The zero-order valence-corrected chi connectivity index (χ0v) is 9.36. The first kappa shape index (κ1) is 12.4. The molecule has 0 aliphatic carbocycles. The van der Waals surface area contributed by atoms with E-state index in [2.05, 4.69) is 5.32 Å². The largest absolute Gasteiger partial charge is 0.481 e. The highest BCUT2D eigenvalue weighted by molar-refractivity contribution is 6.01. The number of hydrogen-bond acceptors (Lipinski definition) is 3. The molecule has 86 valence electrons. The number of likely N-dealkylation sites (N-methyl/N-ethyl adjacent to an activating group) is 1. The molecule has 0 aromatic heterocycles. The van der Waals surface area contributed by atoms with Crippen LogP contribution in [0, 0.1) is 6.92 Å². The topological polar surface area (TPSA) is 66.4 Å². The Bertz CT molecular complexity index is 384. The summed E-state index contributed by atoms with van der Waals surface area (Å²) in [4.78, 5) is 22.5. The smallest absolute Gasteiger partial charge is 0.305 e. The lowest BCUT2D eigenvalue weighted by atomic mass is 10.0. The van der Waals surface area contributed by atoms with Gasteiger partial charge in [0.25, 0.3) is 0 Å². The fourth-order valence-electron chi connectivity index (χ4n) is 1.42. The summed E-state index contributed by atoms with van der Waals surface area (Å²) in [6.07, 6.45) is -0.205. The molecular formula is C12H15NO3. The summed E-state index contributed by atoms with van der Waals surface area (Å²) in [6, 6.07) is 6.43. The van der Waals surface area contributed by atoms with Crippen molar-refractivity contribution >= 4 is 11.8 Å². The van der Waals surface area contributed by atoms with Gasteiger partial charge in [-0.2, -0.15) is 0 Å². The van der Waals surface area contributed by atoms with E-state index in [1.54, 1.807) is 19.2 Å². The van der Waals surface area contributed by atoms with Crippen molar-refractivity contribution in [3.8, 4) is 0 Å². The van der Waals surface area contributed by atoms with E-state index >= 15 is 0 Å². The Hall–Kier alpha value is -1.68. The van der Waals surface area contributed by atoms with Crippen molar-refractivity contribution in [2.75, 3.05) is 7.05 Å². The molecule has 16 heavy (non-hydrogen) atoms. The average molecular weight is 221 g/mol. The minimum atomic E-state index is -0.986. The van der Waals surface area contributed by atoms with Crippen LogP contribution in [0.15, 0.2) is 24.3 Å². The fourth-order valence-corrected chi connectivity index (χ4v) is 1.42. The van der Waals surface area contributed by atoms with Gasteiger partial charge in [-0.3, -0.25) is 9.59 Å². The van der Waals surface area contributed by atoms with E-state index in [-0.39, 0.29) is 12.2 Å². The van der Waals surface area contributed by atoms with Gasteiger partial charge < -0.3 is 10.4 Å². The quantitative estimate of drug-likeness (QED) is 0.734. The molecule has 0 fully saturated rings. The number of Topliss-reactive ketones (excluding diaryl/α,β-unsaturated/α-hetero) is 1. The van der Waals surface area contributed by atoms with Crippen molar-refractivity contribution in [1.29, 1.82) is 0 Å². The van der Waals surface area contributed by atoms with Gasteiger partial charge in [0.15, 0.2) is 5.78 Å². The molecule has 1 rings (SSSR count). The SMILES string of the molecule is CNC(CC(=O)O)C(=O)c1ccc(C)cc1. The molecule has 0 aliphatic rings. The van der Waals surface area contributed by atoms with E-state index in [0.717, 1.165) is 5.56 Å². The van der Waals surface area contributed by atoms with Crippen LogP contribution in [0.4, 0.5) is 0 Å². The Morgan fingerprint density at radius 2 is 1.88 bits per heavy atom. The average Bonchev–Trinajstić information content (AvgIpc) is 2.25. The predicted molar refractivity (Wildman–Crippen MR) is 60.6 cm³/mol. The lowest BCUT2D eigenvalue weighted by molar-refractivity contribution is -0.137. The molecule has 0 bridgehead atoms. The van der Waals surface area contributed by atoms with Crippen LogP contribution in [0.2, 0.25) is 0 Å². The van der Waals surface area contributed by atoms with Crippen LogP contribution in [-0.4, -0.2) is 29.9 Å². The third-order valence-corrected chi connectivity index (χ3v) is 2.38. The van der Waals surface area contributed by atoms with Gasteiger partial charge in [0.1, 0.15) is 0 Å². The molecule has 0 heterocycles. The third-order valence-electron chi connectivity index (χ3n) is 2.38. The summed E-state index contributed by atoms with van der Waals surface area (Å²) in [6.45, 7) is 1.93. The molecule has 0 saturated carbocycles. The van der Waals surface area contributed by atoms with Crippen LogP contribution < -0.4 is 5.32 Å². The summed E-state index contributed by atoms with van der Waals surface area (Å²) in [5.74, 6) is -1.18. The molecule has 0 saturated heterocycles. The van der Waals surface area contributed by atoms with E-state index in [1.807, 2.05) is 19.1 Å². The Balaban J connectivity index is 2.82. The van der Waals surface area contributed by atoms with Crippen LogP contribution in [-0.2, 0) is 4.79 Å². The van der Waals surface area contributed by atoms with Gasteiger partial charge in [-0.05, 0) is 14.0 Å². The molecule has 1 aromatic carbocycles. The number of carboxylic acid groups (broad SMARTS) is 1. The Morgan fingerprint density at radius 1 is 1.31 bits per heavy atom. The molecule has 0 spiro atoms. The second-order valence-electron chi connectivity index (χ2n) is 3.67. The number of nitrogens with one attached hydrogen (secondary N) is 1. The zero-order chi connectivity index (χ0) is 12.1. The highest BCUT2D eigenvalue weighted by Gasteiger charge is 2.20. The van der Waals surface area contributed by atoms with Crippen molar-refractivity contribution in [3.63, 3.8) is 0 Å². The van der Waals surface area contributed by atoms with Crippen molar-refractivity contribution < 1.29 is 14.7 Å². The van der Waals surface area contributed by atoms with Gasteiger partial charge in [0.2, 0.25) is 0 Å². The van der Waals surface area contributed by atoms with Crippen LogP contribution in [0.1, 0.15) is 22.3 Å². The zero-order valence-electron chi connectivity index (χ0n) is 9.36. The lowest BCUT2D eigenvalue weighted by Crippen LogP contribution is -2.36. The number of ketones is 1. The Kier molecular flexibility index (Phi) is 4.19. The number of aryl methyl sites for hydroxylation is 1. The molecule has 4 nitrogen and oxygen atoms in total. The van der Waals surface area contributed by atoms with E-state index < -0.39 is 12.0 Å². The van der Waals surface area contributed by atoms with Gasteiger partial charge in [-0.15, -0.1) is 0 Å². The van der Waals surface area contributed by atoms with Crippen molar-refractivity contribution in [1.82, 2.24) is 5.32 Å². The van der Waals surface area contributed by atoms with Gasteiger partial charge in [0.05, 0.1) is 12.5 Å². The number of rotatable bonds is 5. The van der Waals surface area contributed by atoms with Gasteiger partial charge >= 0.3 is 5.97 Å².